The molecular weight excluding hydrogens is 423 g/mol. The standard InChI is InChI=1S/C13H18BrIN2O2/c1-17(7-8-19-2)6-5-16-13(18)11-9-10(15)3-4-12(11)14/h3-4,9H,5-8H2,1-2H3,(H,16,18). The predicted octanol–water partition coefficient (Wildman–Crippen LogP) is 2.36. The van der Waals surface area contributed by atoms with Crippen molar-refractivity contribution in [2.24, 2.45) is 0 Å². The zero-order valence-electron chi connectivity index (χ0n) is 11.1. The number of ether oxygens (including phenoxy) is 1. The number of rotatable bonds is 7. The molecule has 0 fully saturated rings. The van der Waals surface area contributed by atoms with E-state index in [9.17, 15) is 4.79 Å². The summed E-state index contributed by atoms with van der Waals surface area (Å²) in [5, 5.41) is 2.92. The van der Waals surface area contributed by atoms with Crippen molar-refractivity contribution < 1.29 is 9.53 Å². The summed E-state index contributed by atoms with van der Waals surface area (Å²) in [6.45, 7) is 2.99. The van der Waals surface area contributed by atoms with Crippen LogP contribution in [0.3, 0.4) is 0 Å². The Bertz CT molecular complexity index is 429. The third-order valence-electron chi connectivity index (χ3n) is 2.63. The highest BCUT2D eigenvalue weighted by atomic mass is 127. The van der Waals surface area contributed by atoms with E-state index in [-0.39, 0.29) is 5.91 Å². The first-order valence-electron chi connectivity index (χ1n) is 5.95. The van der Waals surface area contributed by atoms with E-state index in [4.69, 9.17) is 4.74 Å². The predicted molar refractivity (Wildman–Crippen MR) is 88.6 cm³/mol. The van der Waals surface area contributed by atoms with Crippen molar-refractivity contribution in [2.75, 3.05) is 40.4 Å². The Balaban J connectivity index is 2.41. The third kappa shape index (κ3) is 6.20. The molecule has 0 radical (unpaired) electrons. The van der Waals surface area contributed by atoms with E-state index < -0.39 is 0 Å². The van der Waals surface area contributed by atoms with E-state index in [2.05, 4.69) is 48.7 Å². The molecule has 19 heavy (non-hydrogen) atoms. The number of hydrogen-bond donors (Lipinski definition) is 1. The maximum absolute atomic E-state index is 12.0. The van der Waals surface area contributed by atoms with Crippen LogP contribution in [0, 0.1) is 3.57 Å². The number of amides is 1. The van der Waals surface area contributed by atoms with Crippen LogP contribution in [-0.4, -0.2) is 51.2 Å². The summed E-state index contributed by atoms with van der Waals surface area (Å²) in [5.74, 6) is -0.0504. The Labute approximate surface area is 136 Å². The van der Waals surface area contributed by atoms with E-state index in [0.29, 0.717) is 18.7 Å². The molecule has 0 saturated heterocycles. The molecule has 0 aliphatic heterocycles. The van der Waals surface area contributed by atoms with Crippen LogP contribution in [0.4, 0.5) is 0 Å². The fourth-order valence-corrected chi connectivity index (χ4v) is 2.40. The van der Waals surface area contributed by atoms with Gasteiger partial charge in [0.1, 0.15) is 0 Å². The van der Waals surface area contributed by atoms with E-state index in [1.54, 1.807) is 7.11 Å². The smallest absolute Gasteiger partial charge is 0.252 e. The van der Waals surface area contributed by atoms with E-state index in [0.717, 1.165) is 21.1 Å². The number of hydrogen-bond acceptors (Lipinski definition) is 3. The fourth-order valence-electron chi connectivity index (χ4n) is 1.49. The second kappa shape index (κ2) is 8.89. The first kappa shape index (κ1) is 16.9. The van der Waals surface area contributed by atoms with Gasteiger partial charge in [-0.2, -0.15) is 0 Å². The molecule has 0 spiro atoms. The number of benzene rings is 1. The van der Waals surface area contributed by atoms with Gasteiger partial charge in [-0.15, -0.1) is 0 Å². The number of halogens is 2. The first-order chi connectivity index (χ1) is 9.04. The van der Waals surface area contributed by atoms with E-state index >= 15 is 0 Å². The van der Waals surface area contributed by atoms with Crippen molar-refractivity contribution >= 4 is 44.4 Å². The van der Waals surface area contributed by atoms with Crippen LogP contribution in [0.25, 0.3) is 0 Å². The van der Waals surface area contributed by atoms with Gasteiger partial charge in [0.25, 0.3) is 5.91 Å². The topological polar surface area (TPSA) is 41.6 Å². The number of nitrogens with zero attached hydrogens (tertiary/aromatic N) is 1. The van der Waals surface area contributed by atoms with Gasteiger partial charge >= 0.3 is 0 Å². The quantitative estimate of drug-likeness (QED) is 0.662. The molecule has 6 heteroatoms. The Kier molecular flexibility index (Phi) is 7.89. The van der Waals surface area contributed by atoms with Crippen LogP contribution in [0.5, 0.6) is 0 Å². The van der Waals surface area contributed by atoms with Crippen molar-refractivity contribution in [3.05, 3.63) is 31.8 Å². The molecule has 0 aliphatic rings. The van der Waals surface area contributed by atoms with Crippen LogP contribution >= 0.6 is 38.5 Å². The average Bonchev–Trinajstić information content (AvgIpc) is 2.39. The summed E-state index contributed by atoms with van der Waals surface area (Å²) in [6, 6.07) is 5.72. The van der Waals surface area contributed by atoms with Gasteiger partial charge in [0.05, 0.1) is 12.2 Å². The largest absolute Gasteiger partial charge is 0.383 e. The first-order valence-corrected chi connectivity index (χ1v) is 7.82. The average molecular weight is 441 g/mol. The van der Waals surface area contributed by atoms with Gasteiger partial charge in [-0.25, -0.2) is 0 Å². The highest BCUT2D eigenvalue weighted by molar-refractivity contribution is 14.1. The van der Waals surface area contributed by atoms with Crippen LogP contribution in [0.1, 0.15) is 10.4 Å². The molecule has 0 saturated carbocycles. The summed E-state index contributed by atoms with van der Waals surface area (Å²) in [7, 11) is 3.69. The fraction of sp³-hybridized carbons (Fsp3) is 0.462. The van der Waals surface area contributed by atoms with Gasteiger partial charge in [0.15, 0.2) is 0 Å². The van der Waals surface area contributed by atoms with Gasteiger partial charge in [-0.3, -0.25) is 4.79 Å². The van der Waals surface area contributed by atoms with Crippen molar-refractivity contribution in [1.29, 1.82) is 0 Å². The summed E-state index contributed by atoms with van der Waals surface area (Å²) in [6.07, 6.45) is 0. The Hall–Kier alpha value is -0.180. The number of nitrogens with one attached hydrogen (secondary N) is 1. The van der Waals surface area contributed by atoms with Gasteiger partial charge < -0.3 is 15.0 Å². The molecule has 1 aromatic rings. The minimum Gasteiger partial charge on any atom is -0.383 e. The lowest BCUT2D eigenvalue weighted by Gasteiger charge is -2.16. The summed E-state index contributed by atoms with van der Waals surface area (Å²) >= 11 is 5.59. The van der Waals surface area contributed by atoms with Gasteiger partial charge in [-0.1, -0.05) is 0 Å². The van der Waals surface area contributed by atoms with Crippen molar-refractivity contribution in [2.45, 2.75) is 0 Å². The van der Waals surface area contributed by atoms with Crippen LogP contribution < -0.4 is 5.32 Å². The molecule has 1 N–H and O–H groups in total. The molecule has 0 aromatic heterocycles. The summed E-state index contributed by atoms with van der Waals surface area (Å²) in [5.41, 5.74) is 0.673. The normalized spacial score (nSPS) is 10.8. The van der Waals surface area contributed by atoms with Gasteiger partial charge in [0.2, 0.25) is 0 Å². The van der Waals surface area contributed by atoms with E-state index in [1.807, 2.05) is 25.2 Å². The Morgan fingerprint density at radius 3 is 2.89 bits per heavy atom. The maximum Gasteiger partial charge on any atom is 0.252 e. The zero-order valence-corrected chi connectivity index (χ0v) is 14.8. The van der Waals surface area contributed by atoms with Gasteiger partial charge in [-0.05, 0) is 63.8 Å². The molecule has 0 heterocycles. The second-order valence-corrected chi connectivity index (χ2v) is 6.28. The highest BCUT2D eigenvalue weighted by Gasteiger charge is 2.10. The minimum absolute atomic E-state index is 0.0504. The molecule has 0 atom stereocenters. The molecule has 4 nitrogen and oxygen atoms in total. The van der Waals surface area contributed by atoms with Crippen molar-refractivity contribution in [1.82, 2.24) is 10.2 Å². The molecule has 1 aromatic carbocycles. The Morgan fingerprint density at radius 2 is 2.21 bits per heavy atom. The Morgan fingerprint density at radius 1 is 1.47 bits per heavy atom. The lowest BCUT2D eigenvalue weighted by atomic mass is 10.2. The number of methoxy groups -OCH3 is 1. The minimum atomic E-state index is -0.0504. The SMILES string of the molecule is COCCN(C)CCNC(=O)c1cc(I)ccc1Br. The van der Waals surface area contributed by atoms with Crippen LogP contribution in [0.2, 0.25) is 0 Å². The lowest BCUT2D eigenvalue weighted by Crippen LogP contribution is -2.34. The monoisotopic (exact) mass is 440 g/mol. The molecular formula is C13H18BrIN2O2. The molecule has 1 rings (SSSR count). The lowest BCUT2D eigenvalue weighted by molar-refractivity contribution is 0.0946. The van der Waals surface area contributed by atoms with Crippen molar-refractivity contribution in [3.63, 3.8) is 0 Å². The van der Waals surface area contributed by atoms with Crippen LogP contribution in [0.15, 0.2) is 22.7 Å². The number of likely N-dealkylation sites (N-methyl/N-ethyl adjacent to an activating group) is 1. The van der Waals surface area contributed by atoms with Crippen molar-refractivity contribution in [3.8, 4) is 0 Å². The molecule has 0 bridgehead atoms. The van der Waals surface area contributed by atoms with Gasteiger partial charge in [0, 0.05) is 34.8 Å². The third-order valence-corrected chi connectivity index (χ3v) is 3.99. The second-order valence-electron chi connectivity index (χ2n) is 4.18. The molecule has 0 aliphatic carbocycles. The maximum atomic E-state index is 12.0. The molecule has 0 unspecified atom stereocenters. The summed E-state index contributed by atoms with van der Waals surface area (Å²) in [4.78, 5) is 14.1. The highest BCUT2D eigenvalue weighted by Crippen LogP contribution is 2.19. The summed E-state index contributed by atoms with van der Waals surface area (Å²) < 4.78 is 6.86. The van der Waals surface area contributed by atoms with Crippen LogP contribution in [-0.2, 0) is 4.74 Å². The zero-order chi connectivity index (χ0) is 14.3. The molecule has 1 amide bonds. The number of carbonyl (C=O) groups is 1. The van der Waals surface area contributed by atoms with E-state index in [1.165, 1.54) is 0 Å². The molecule has 106 valence electrons. The number of carbonyl (C=O) groups excluding carboxylic acids is 1.